The van der Waals surface area contributed by atoms with E-state index in [0.29, 0.717) is 48.6 Å². The third-order valence-electron chi connectivity index (χ3n) is 7.25. The maximum Gasteiger partial charge on any atom is 0.274 e. The Kier molecular flexibility index (Phi) is 8.03. The quantitative estimate of drug-likeness (QED) is 0.383. The summed E-state index contributed by atoms with van der Waals surface area (Å²) in [7, 11) is 0. The molecule has 3 heterocycles. The number of aryl methyl sites for hydroxylation is 1. The van der Waals surface area contributed by atoms with Crippen LogP contribution >= 0.6 is 0 Å². The zero-order valence-corrected chi connectivity index (χ0v) is 22.5. The van der Waals surface area contributed by atoms with Crippen molar-refractivity contribution in [2.75, 3.05) is 38.2 Å². The molecule has 2 aliphatic rings. The number of amides is 1. The van der Waals surface area contributed by atoms with E-state index in [9.17, 15) is 4.79 Å². The van der Waals surface area contributed by atoms with Gasteiger partial charge in [-0.15, -0.1) is 0 Å². The highest BCUT2D eigenvalue weighted by Gasteiger charge is 2.20. The summed E-state index contributed by atoms with van der Waals surface area (Å²) in [6.07, 6.45) is 6.09. The van der Waals surface area contributed by atoms with Gasteiger partial charge in [-0.05, 0) is 73.3 Å². The number of hydrogen-bond acceptors (Lipinski definition) is 6. The number of nitrogens with zero attached hydrogens (tertiary/aromatic N) is 3. The number of pyridine rings is 1. The first kappa shape index (κ1) is 25.9. The predicted molar refractivity (Wildman–Crippen MR) is 151 cm³/mol. The molecule has 38 heavy (non-hydrogen) atoms. The smallest absolute Gasteiger partial charge is 0.274 e. The fourth-order valence-corrected chi connectivity index (χ4v) is 4.55. The van der Waals surface area contributed by atoms with Gasteiger partial charge in [0.2, 0.25) is 0 Å². The number of nitrogens with one attached hydrogen (secondary N) is 1. The first-order valence-corrected chi connectivity index (χ1v) is 13.5. The van der Waals surface area contributed by atoms with Gasteiger partial charge in [0.25, 0.3) is 5.91 Å². The number of ether oxygens (including phenoxy) is 2. The van der Waals surface area contributed by atoms with Crippen LogP contribution in [0.3, 0.4) is 0 Å². The molecule has 1 fully saturated rings. The van der Waals surface area contributed by atoms with E-state index in [1.54, 1.807) is 6.07 Å². The first-order chi connectivity index (χ1) is 18.5. The van der Waals surface area contributed by atoms with Crippen LogP contribution in [0.15, 0.2) is 59.9 Å². The number of anilines is 1. The minimum absolute atomic E-state index is 0.241. The van der Waals surface area contributed by atoms with Crippen molar-refractivity contribution in [3.63, 3.8) is 0 Å². The van der Waals surface area contributed by atoms with Gasteiger partial charge in [-0.1, -0.05) is 32.4 Å². The normalized spacial score (nSPS) is 16.0. The predicted octanol–water partition coefficient (Wildman–Crippen LogP) is 5.51. The van der Waals surface area contributed by atoms with E-state index < -0.39 is 0 Å². The van der Waals surface area contributed by atoms with Crippen LogP contribution in [0, 0.1) is 12.8 Å². The molecule has 0 spiro atoms. The minimum Gasteiger partial charge on any atom is -0.486 e. The molecule has 0 saturated carbocycles. The minimum atomic E-state index is -0.241. The fraction of sp³-hybridized carbons (Fsp3) is 0.387. The third-order valence-corrected chi connectivity index (χ3v) is 7.25. The largest absolute Gasteiger partial charge is 0.486 e. The third kappa shape index (κ3) is 6.05. The highest BCUT2D eigenvalue weighted by atomic mass is 16.6. The number of hydrogen-bond donors (Lipinski definition) is 1. The van der Waals surface area contributed by atoms with Gasteiger partial charge in [0.05, 0.1) is 0 Å². The first-order valence-electron chi connectivity index (χ1n) is 13.5. The van der Waals surface area contributed by atoms with Gasteiger partial charge >= 0.3 is 0 Å². The number of carbonyl (C=O) groups excluding carboxylic acids is 1. The second-order valence-corrected chi connectivity index (χ2v) is 10.3. The summed E-state index contributed by atoms with van der Waals surface area (Å²) in [5.41, 5.74) is 6.17. The molecule has 1 N–H and O–H groups in total. The molecule has 3 aromatic rings. The second-order valence-electron chi connectivity index (χ2n) is 10.3. The zero-order chi connectivity index (χ0) is 26.5. The Balaban J connectivity index is 1.44. The van der Waals surface area contributed by atoms with Gasteiger partial charge in [-0.25, -0.2) is 0 Å². The Morgan fingerprint density at radius 2 is 1.87 bits per heavy atom. The molecule has 0 aliphatic carbocycles. The molecule has 1 atom stereocenters. The van der Waals surface area contributed by atoms with Crippen molar-refractivity contribution in [2.24, 2.45) is 10.9 Å². The molecule has 2 aliphatic heterocycles. The van der Waals surface area contributed by atoms with Crippen LogP contribution < -0.4 is 14.8 Å². The van der Waals surface area contributed by atoms with E-state index in [4.69, 9.17) is 14.5 Å². The molecule has 0 radical (unpaired) electrons. The van der Waals surface area contributed by atoms with Gasteiger partial charge in [0, 0.05) is 48.4 Å². The van der Waals surface area contributed by atoms with Crippen molar-refractivity contribution in [2.45, 2.75) is 40.2 Å². The van der Waals surface area contributed by atoms with E-state index in [-0.39, 0.29) is 5.91 Å². The van der Waals surface area contributed by atoms with Gasteiger partial charge in [-0.2, -0.15) is 0 Å². The van der Waals surface area contributed by atoms with E-state index >= 15 is 0 Å². The molecule has 2 aromatic carbocycles. The lowest BCUT2D eigenvalue weighted by atomic mass is 9.96. The van der Waals surface area contributed by atoms with Crippen molar-refractivity contribution < 1.29 is 14.3 Å². The fourth-order valence-electron chi connectivity index (χ4n) is 4.55. The van der Waals surface area contributed by atoms with Crippen LogP contribution in [-0.2, 0) is 11.3 Å². The number of carbonyl (C=O) groups is 1. The Bertz CT molecular complexity index is 1330. The highest BCUT2D eigenvalue weighted by Crippen LogP contribution is 2.33. The number of rotatable bonds is 9. The molecule has 7 heteroatoms. The number of aliphatic imine (C=N–C) groups is 1. The Hall–Kier alpha value is -3.71. The average Bonchev–Trinajstić information content (AvgIpc) is 2.91. The molecule has 1 saturated heterocycles. The molecule has 0 bridgehead atoms. The zero-order valence-electron chi connectivity index (χ0n) is 22.5. The average molecular weight is 513 g/mol. The molecule has 7 nitrogen and oxygen atoms in total. The van der Waals surface area contributed by atoms with Crippen LogP contribution in [0.5, 0.6) is 11.5 Å². The summed E-state index contributed by atoms with van der Waals surface area (Å²) in [5.74, 6) is 1.46. The molecule has 1 aromatic heterocycles. The molecular weight excluding hydrogens is 476 g/mol. The van der Waals surface area contributed by atoms with Gasteiger partial charge in [-0.3, -0.25) is 19.7 Å². The van der Waals surface area contributed by atoms with Crippen LogP contribution in [0.2, 0.25) is 0 Å². The standard InChI is InChI=1S/C31H36N4O3/c1-4-21(2)17-33-30(31(36)34-26-8-9-28-29(16-26)38-13-12-37-28)27-15-24(7-6-22(27)3)25-14-23(18-32-19-25)20-35-10-5-11-35/h6-9,14-16,18-19,21H,4-5,10-13,17,20H2,1-3H3,(H,34,36). The molecule has 5 rings (SSSR count). The van der Waals surface area contributed by atoms with Gasteiger partial charge < -0.3 is 14.8 Å². The summed E-state index contributed by atoms with van der Waals surface area (Å²) in [4.78, 5) is 25.4. The number of aromatic nitrogens is 1. The maximum atomic E-state index is 13.7. The summed E-state index contributed by atoms with van der Waals surface area (Å²) in [6, 6.07) is 13.9. The molecule has 1 amide bonds. The monoisotopic (exact) mass is 512 g/mol. The SMILES string of the molecule is CCC(C)CN=C(C(=O)Nc1ccc2c(c1)OCCO2)c1cc(-c2cncc(CN3CCC3)c2)ccc1C. The Labute approximate surface area is 224 Å². The van der Waals surface area contributed by atoms with Crippen LogP contribution in [0.25, 0.3) is 11.1 Å². The Morgan fingerprint density at radius 1 is 1.05 bits per heavy atom. The maximum absolute atomic E-state index is 13.7. The lowest BCUT2D eigenvalue weighted by molar-refractivity contribution is -0.110. The van der Waals surface area contributed by atoms with Crippen molar-refractivity contribution in [3.8, 4) is 22.6 Å². The summed E-state index contributed by atoms with van der Waals surface area (Å²) in [5, 5.41) is 3.04. The Morgan fingerprint density at radius 3 is 2.63 bits per heavy atom. The van der Waals surface area contributed by atoms with Crippen LogP contribution in [-0.4, -0.2) is 54.4 Å². The molecular formula is C31H36N4O3. The van der Waals surface area contributed by atoms with E-state index in [1.165, 1.54) is 12.0 Å². The summed E-state index contributed by atoms with van der Waals surface area (Å²) in [6.45, 7) is 11.1. The topological polar surface area (TPSA) is 76.0 Å². The van der Waals surface area contributed by atoms with E-state index in [1.807, 2.05) is 31.5 Å². The van der Waals surface area contributed by atoms with E-state index in [2.05, 4.69) is 53.3 Å². The second kappa shape index (κ2) is 11.8. The van der Waals surface area contributed by atoms with Crippen LogP contribution in [0.1, 0.15) is 43.4 Å². The highest BCUT2D eigenvalue weighted by molar-refractivity contribution is 6.49. The van der Waals surface area contributed by atoms with Gasteiger partial charge in [0.15, 0.2) is 11.5 Å². The lowest BCUT2D eigenvalue weighted by Crippen LogP contribution is -2.36. The molecule has 1 unspecified atom stereocenters. The van der Waals surface area contributed by atoms with Crippen molar-refractivity contribution in [3.05, 3.63) is 71.5 Å². The van der Waals surface area contributed by atoms with Crippen molar-refractivity contribution >= 4 is 17.3 Å². The summed E-state index contributed by atoms with van der Waals surface area (Å²) < 4.78 is 11.3. The van der Waals surface area contributed by atoms with Crippen molar-refractivity contribution in [1.29, 1.82) is 0 Å². The summed E-state index contributed by atoms with van der Waals surface area (Å²) >= 11 is 0. The van der Waals surface area contributed by atoms with Gasteiger partial charge in [0.1, 0.15) is 18.9 Å². The number of likely N-dealkylation sites (tertiary alicyclic amines) is 1. The van der Waals surface area contributed by atoms with Crippen molar-refractivity contribution in [1.82, 2.24) is 9.88 Å². The number of fused-ring (bicyclic) bond motifs is 1. The molecule has 198 valence electrons. The lowest BCUT2D eigenvalue weighted by Gasteiger charge is -2.30. The number of benzene rings is 2. The van der Waals surface area contributed by atoms with E-state index in [0.717, 1.165) is 48.3 Å². The van der Waals surface area contributed by atoms with Crippen LogP contribution in [0.4, 0.5) is 5.69 Å².